The van der Waals surface area contributed by atoms with E-state index in [4.69, 9.17) is 16.3 Å². The van der Waals surface area contributed by atoms with Crippen molar-refractivity contribution in [1.29, 1.82) is 0 Å². The van der Waals surface area contributed by atoms with Gasteiger partial charge in [0.15, 0.2) is 6.10 Å². The number of ether oxygens (including phenoxy) is 1. The van der Waals surface area contributed by atoms with Gasteiger partial charge in [-0.15, -0.1) is 0 Å². The van der Waals surface area contributed by atoms with Gasteiger partial charge in [-0.05, 0) is 30.3 Å². The molecule has 1 aliphatic heterocycles. The van der Waals surface area contributed by atoms with Gasteiger partial charge in [0.1, 0.15) is 5.75 Å². The first-order valence-corrected chi connectivity index (χ1v) is 10.1. The predicted molar refractivity (Wildman–Crippen MR) is 98.1 cm³/mol. The topological polar surface area (TPSA) is 75.7 Å². The number of hydrogen-bond acceptors (Lipinski definition) is 4. The van der Waals surface area contributed by atoms with Crippen molar-refractivity contribution >= 4 is 38.9 Å². The lowest BCUT2D eigenvalue weighted by atomic mass is 10.1. The second kappa shape index (κ2) is 7.17. The van der Waals surface area contributed by atoms with Crippen LogP contribution in [0.3, 0.4) is 0 Å². The zero-order valence-corrected chi connectivity index (χ0v) is 15.9. The quantitative estimate of drug-likeness (QED) is 0.802. The number of alkyl halides is 3. The molecule has 0 radical (unpaired) electrons. The SMILES string of the molecule is CS(=O)(=O)N1C[C@H](C(=O)Nc2cc(C(F)(F)F)ccc2Cl)Oc2ccccc21. The summed E-state index contributed by atoms with van der Waals surface area (Å²) >= 11 is 5.88. The Hall–Kier alpha value is -2.46. The summed E-state index contributed by atoms with van der Waals surface area (Å²) in [5, 5.41) is 2.18. The fourth-order valence-corrected chi connectivity index (χ4v) is 3.74. The standard InChI is InChI=1S/C17H14ClF3N2O4S/c1-28(25,26)23-9-15(27-14-5-3-2-4-13(14)23)16(24)22-12-8-10(17(19,20)21)6-7-11(12)18/h2-8,15H,9H2,1H3,(H,22,24)/t15-/m1/s1. The maximum Gasteiger partial charge on any atom is 0.416 e. The molecule has 0 aromatic heterocycles. The second-order valence-electron chi connectivity index (χ2n) is 6.05. The van der Waals surface area contributed by atoms with Crippen molar-refractivity contribution in [2.24, 2.45) is 0 Å². The highest BCUT2D eigenvalue weighted by Crippen LogP contribution is 2.36. The fourth-order valence-electron chi connectivity index (χ4n) is 2.66. The van der Waals surface area contributed by atoms with Gasteiger partial charge in [0.25, 0.3) is 5.91 Å². The van der Waals surface area contributed by atoms with E-state index in [0.29, 0.717) is 6.07 Å². The number of rotatable bonds is 3. The Morgan fingerprint density at radius 2 is 1.93 bits per heavy atom. The normalized spacial score (nSPS) is 16.9. The zero-order chi connectivity index (χ0) is 20.7. The Balaban J connectivity index is 1.88. The van der Waals surface area contributed by atoms with Crippen LogP contribution < -0.4 is 14.4 Å². The maximum absolute atomic E-state index is 12.9. The molecule has 0 saturated carbocycles. The van der Waals surface area contributed by atoms with Crippen LogP contribution in [-0.2, 0) is 21.0 Å². The highest BCUT2D eigenvalue weighted by molar-refractivity contribution is 7.92. The van der Waals surface area contributed by atoms with Gasteiger partial charge in [0.2, 0.25) is 10.0 Å². The summed E-state index contributed by atoms with van der Waals surface area (Å²) in [7, 11) is -3.71. The average molecular weight is 435 g/mol. The summed E-state index contributed by atoms with van der Waals surface area (Å²) < 4.78 is 69.4. The molecule has 0 saturated heterocycles. The first-order valence-electron chi connectivity index (χ1n) is 7.88. The van der Waals surface area contributed by atoms with Gasteiger partial charge in [-0.3, -0.25) is 9.10 Å². The number of hydrogen-bond donors (Lipinski definition) is 1. The lowest BCUT2D eigenvalue weighted by molar-refractivity contribution is -0.137. The summed E-state index contributed by atoms with van der Waals surface area (Å²) in [6.45, 7) is -0.335. The van der Waals surface area contributed by atoms with Crippen LogP contribution in [0.4, 0.5) is 24.5 Å². The third-order valence-electron chi connectivity index (χ3n) is 3.98. The van der Waals surface area contributed by atoms with Crippen LogP contribution in [0.25, 0.3) is 0 Å². The number of anilines is 2. The number of nitrogens with zero attached hydrogens (tertiary/aromatic N) is 1. The number of sulfonamides is 1. The Bertz CT molecular complexity index is 1030. The molecule has 2 aromatic carbocycles. The average Bonchev–Trinajstić information content (AvgIpc) is 2.60. The molecule has 0 aliphatic carbocycles. The molecule has 3 rings (SSSR count). The Kier molecular flexibility index (Phi) is 5.20. The molecule has 1 atom stereocenters. The van der Waals surface area contributed by atoms with Crippen LogP contribution in [0.15, 0.2) is 42.5 Å². The van der Waals surface area contributed by atoms with Gasteiger partial charge in [-0.1, -0.05) is 23.7 Å². The molecule has 0 fully saturated rings. The van der Waals surface area contributed by atoms with Crippen LogP contribution in [-0.4, -0.2) is 33.2 Å². The summed E-state index contributed by atoms with van der Waals surface area (Å²) in [6.07, 6.45) is -4.92. The number of nitrogens with one attached hydrogen (secondary N) is 1. The lowest BCUT2D eigenvalue weighted by Gasteiger charge is -2.33. The van der Waals surface area contributed by atoms with E-state index in [0.717, 1.165) is 22.7 Å². The molecule has 0 unspecified atom stereocenters. The number of halogens is 4. The minimum atomic E-state index is -4.61. The molecule has 1 amide bonds. The monoisotopic (exact) mass is 434 g/mol. The third kappa shape index (κ3) is 4.17. The highest BCUT2D eigenvalue weighted by atomic mass is 35.5. The number of benzene rings is 2. The molecule has 6 nitrogen and oxygen atoms in total. The Morgan fingerprint density at radius 1 is 1.25 bits per heavy atom. The van der Waals surface area contributed by atoms with Gasteiger partial charge < -0.3 is 10.1 Å². The minimum Gasteiger partial charge on any atom is -0.476 e. The van der Waals surface area contributed by atoms with E-state index >= 15 is 0 Å². The molecule has 1 aliphatic rings. The first-order chi connectivity index (χ1) is 13.0. The minimum absolute atomic E-state index is 0.0995. The number of carbonyl (C=O) groups excluding carboxylic acids is 1. The van der Waals surface area contributed by atoms with E-state index in [2.05, 4.69) is 5.32 Å². The van der Waals surface area contributed by atoms with Crippen molar-refractivity contribution in [3.05, 3.63) is 53.1 Å². The summed E-state index contributed by atoms with van der Waals surface area (Å²) in [4.78, 5) is 12.6. The van der Waals surface area contributed by atoms with Crippen molar-refractivity contribution in [2.75, 3.05) is 22.4 Å². The summed E-state index contributed by atoms with van der Waals surface area (Å²) in [5.41, 5.74) is -0.971. The van der Waals surface area contributed by atoms with Gasteiger partial charge in [-0.25, -0.2) is 8.42 Å². The molecule has 2 aromatic rings. The Morgan fingerprint density at radius 3 is 2.57 bits per heavy atom. The van der Waals surface area contributed by atoms with Crippen molar-refractivity contribution in [3.63, 3.8) is 0 Å². The summed E-state index contributed by atoms with van der Waals surface area (Å²) in [5.74, 6) is -0.668. The number of para-hydroxylation sites is 2. The van der Waals surface area contributed by atoms with Crippen LogP contribution in [0, 0.1) is 0 Å². The van der Waals surface area contributed by atoms with E-state index in [9.17, 15) is 26.4 Å². The largest absolute Gasteiger partial charge is 0.476 e. The molecule has 0 spiro atoms. The maximum atomic E-state index is 12.9. The van der Waals surface area contributed by atoms with E-state index in [1.807, 2.05) is 0 Å². The van der Waals surface area contributed by atoms with E-state index < -0.39 is 33.8 Å². The first kappa shape index (κ1) is 20.3. The van der Waals surface area contributed by atoms with Crippen LogP contribution in [0.2, 0.25) is 5.02 Å². The van der Waals surface area contributed by atoms with Crippen molar-refractivity contribution < 1.29 is 31.1 Å². The zero-order valence-electron chi connectivity index (χ0n) is 14.3. The second-order valence-corrected chi connectivity index (χ2v) is 8.36. The molecule has 1 N–H and O–H groups in total. The van der Waals surface area contributed by atoms with Crippen molar-refractivity contribution in [2.45, 2.75) is 12.3 Å². The van der Waals surface area contributed by atoms with Crippen LogP contribution in [0.1, 0.15) is 5.56 Å². The molecule has 28 heavy (non-hydrogen) atoms. The molecule has 11 heteroatoms. The Labute approximate surface area is 163 Å². The van der Waals surface area contributed by atoms with Gasteiger partial charge in [0.05, 0.1) is 34.8 Å². The smallest absolute Gasteiger partial charge is 0.416 e. The highest BCUT2D eigenvalue weighted by Gasteiger charge is 2.36. The summed E-state index contributed by atoms with van der Waals surface area (Å²) in [6, 6.07) is 8.73. The van der Waals surface area contributed by atoms with Crippen LogP contribution in [0.5, 0.6) is 5.75 Å². The number of amides is 1. The molecular formula is C17H14ClF3N2O4S. The van der Waals surface area contributed by atoms with Gasteiger partial charge in [-0.2, -0.15) is 13.2 Å². The van der Waals surface area contributed by atoms with Gasteiger partial charge >= 0.3 is 6.18 Å². The lowest BCUT2D eigenvalue weighted by Crippen LogP contribution is -2.48. The van der Waals surface area contributed by atoms with Gasteiger partial charge in [0, 0.05) is 0 Å². The van der Waals surface area contributed by atoms with Crippen molar-refractivity contribution in [3.8, 4) is 5.75 Å². The van der Waals surface area contributed by atoms with Crippen molar-refractivity contribution in [1.82, 2.24) is 0 Å². The van der Waals surface area contributed by atoms with E-state index in [1.54, 1.807) is 12.1 Å². The van der Waals surface area contributed by atoms with E-state index in [1.165, 1.54) is 12.1 Å². The molecule has 150 valence electrons. The van der Waals surface area contributed by atoms with E-state index in [-0.39, 0.29) is 28.7 Å². The molecule has 1 heterocycles. The third-order valence-corrected chi connectivity index (χ3v) is 5.46. The fraction of sp³-hybridized carbons (Fsp3) is 0.235. The predicted octanol–water partition coefficient (Wildman–Crippen LogP) is 3.52. The molecular weight excluding hydrogens is 421 g/mol. The van der Waals surface area contributed by atoms with Crippen LogP contribution >= 0.6 is 11.6 Å². The number of carbonyl (C=O) groups is 1. The molecule has 0 bridgehead atoms. The number of fused-ring (bicyclic) bond motifs is 1.